The van der Waals surface area contributed by atoms with Crippen LogP contribution < -0.4 is 5.32 Å². The molecule has 0 bridgehead atoms. The summed E-state index contributed by atoms with van der Waals surface area (Å²) in [6, 6.07) is 11.8. The summed E-state index contributed by atoms with van der Waals surface area (Å²) in [7, 11) is -9.82. The van der Waals surface area contributed by atoms with Crippen LogP contribution in [0, 0.1) is 0 Å². The minimum Gasteiger partial charge on any atom is -0.352 e. The first kappa shape index (κ1) is 20.3. The highest BCUT2D eigenvalue weighted by Crippen LogP contribution is 3.02. The number of carbonyl (C=O) groups is 1. The Balaban J connectivity index is 1.62. The second kappa shape index (κ2) is 6.56. The van der Waals surface area contributed by atoms with Crippen molar-refractivity contribution in [1.29, 1.82) is 0 Å². The molecule has 0 fully saturated rings. The lowest BCUT2D eigenvalue weighted by Gasteiger charge is -2.40. The quantitative estimate of drug-likeness (QED) is 0.454. The van der Waals surface area contributed by atoms with Crippen LogP contribution in [-0.2, 0) is 6.42 Å². The van der Waals surface area contributed by atoms with Crippen LogP contribution in [0.2, 0.25) is 0 Å². The molecular formula is C18H15F5N2OS2. The lowest BCUT2D eigenvalue weighted by molar-refractivity contribution is 0.0954. The number of aromatic nitrogens is 1. The van der Waals surface area contributed by atoms with Crippen molar-refractivity contribution in [2.45, 2.75) is 11.3 Å². The number of hydrogen-bond acceptors (Lipinski definition) is 3. The van der Waals surface area contributed by atoms with Crippen LogP contribution in [0.25, 0.3) is 10.6 Å². The number of carbonyl (C=O) groups excluding carboxylic acids is 1. The maximum atomic E-state index is 12.9. The highest BCUT2D eigenvalue weighted by molar-refractivity contribution is 8.45. The molecule has 150 valence electrons. The molecule has 0 atom stereocenters. The van der Waals surface area contributed by atoms with Gasteiger partial charge in [0.15, 0.2) is 0 Å². The van der Waals surface area contributed by atoms with Gasteiger partial charge < -0.3 is 5.32 Å². The van der Waals surface area contributed by atoms with Crippen molar-refractivity contribution in [1.82, 2.24) is 10.3 Å². The van der Waals surface area contributed by atoms with E-state index in [1.807, 2.05) is 35.7 Å². The summed E-state index contributed by atoms with van der Waals surface area (Å²) in [4.78, 5) is 14.4. The average Bonchev–Trinajstić information content (AvgIpc) is 3.09. The van der Waals surface area contributed by atoms with Gasteiger partial charge in [-0.2, -0.15) is 0 Å². The Kier molecular flexibility index (Phi) is 4.75. The molecule has 3 nitrogen and oxygen atoms in total. The normalized spacial score (nSPS) is 14.2. The van der Waals surface area contributed by atoms with Crippen LogP contribution in [-0.4, -0.2) is 17.4 Å². The molecule has 2 aromatic carbocycles. The maximum absolute atomic E-state index is 12.9. The largest absolute Gasteiger partial charge is 0.352 e. The monoisotopic (exact) mass is 434 g/mol. The van der Waals surface area contributed by atoms with Crippen molar-refractivity contribution in [2.24, 2.45) is 0 Å². The molecule has 1 N–H and O–H groups in total. The smallest absolute Gasteiger partial charge is 0.310 e. The van der Waals surface area contributed by atoms with E-state index in [1.165, 1.54) is 11.3 Å². The zero-order valence-corrected chi connectivity index (χ0v) is 15.9. The van der Waals surface area contributed by atoms with E-state index in [2.05, 4.69) is 10.3 Å². The molecule has 1 aromatic heterocycles. The molecule has 0 saturated heterocycles. The average molecular weight is 434 g/mol. The van der Waals surface area contributed by atoms with Gasteiger partial charge >= 0.3 is 10.2 Å². The molecule has 1 amide bonds. The van der Waals surface area contributed by atoms with E-state index in [-0.39, 0.29) is 18.7 Å². The predicted octanol–water partition coefficient (Wildman–Crippen LogP) is 6.44. The molecule has 0 spiro atoms. The van der Waals surface area contributed by atoms with E-state index in [1.54, 1.807) is 0 Å². The Labute approximate surface area is 162 Å². The fourth-order valence-electron chi connectivity index (χ4n) is 2.42. The number of nitrogens with one attached hydrogen (secondary N) is 1. The Morgan fingerprint density at radius 2 is 1.71 bits per heavy atom. The summed E-state index contributed by atoms with van der Waals surface area (Å²) in [5.41, 5.74) is 1.19. The first-order valence-electron chi connectivity index (χ1n) is 8.04. The minimum absolute atomic E-state index is 0.109. The first-order chi connectivity index (χ1) is 12.9. The SMILES string of the molecule is O=C(NCCc1csc(-c2ccccc2)n1)c1cccc(S(F)(F)(F)(F)F)c1. The van der Waals surface area contributed by atoms with Gasteiger partial charge in [0.05, 0.1) is 5.69 Å². The van der Waals surface area contributed by atoms with Gasteiger partial charge in [0.2, 0.25) is 0 Å². The molecule has 0 aliphatic rings. The summed E-state index contributed by atoms with van der Waals surface area (Å²) in [5, 5.41) is 5.06. The third-order valence-corrected chi connectivity index (χ3v) is 5.87. The van der Waals surface area contributed by atoms with Crippen molar-refractivity contribution in [3.63, 3.8) is 0 Å². The van der Waals surface area contributed by atoms with E-state index in [9.17, 15) is 24.2 Å². The van der Waals surface area contributed by atoms with E-state index in [0.29, 0.717) is 12.1 Å². The maximum Gasteiger partial charge on any atom is 0.310 e. The molecule has 3 aromatic rings. The molecule has 0 radical (unpaired) electrons. The predicted molar refractivity (Wildman–Crippen MR) is 101 cm³/mol. The third-order valence-electron chi connectivity index (χ3n) is 3.78. The van der Waals surface area contributed by atoms with Crippen molar-refractivity contribution in [3.05, 3.63) is 71.2 Å². The zero-order chi connectivity index (χ0) is 20.5. The molecule has 1 heterocycles. The molecule has 0 aliphatic carbocycles. The molecule has 0 unspecified atom stereocenters. The van der Waals surface area contributed by atoms with Crippen LogP contribution in [0.3, 0.4) is 0 Å². The van der Waals surface area contributed by atoms with Crippen LogP contribution >= 0.6 is 21.6 Å². The van der Waals surface area contributed by atoms with Gasteiger partial charge in [-0.05, 0) is 18.2 Å². The Hall–Kier alpha value is -2.46. The third kappa shape index (κ3) is 5.08. The lowest BCUT2D eigenvalue weighted by atomic mass is 10.2. The van der Waals surface area contributed by atoms with Gasteiger partial charge in [-0.15, -0.1) is 11.3 Å². The Bertz CT molecular complexity index is 1000. The van der Waals surface area contributed by atoms with E-state index in [0.717, 1.165) is 22.7 Å². The standard InChI is InChI=1S/C18H15F5N2OS2/c19-28(20,21,22,23)16-8-4-7-14(11-16)17(26)24-10-9-15-12-27-18(25-15)13-5-2-1-3-6-13/h1-8,11-12H,9-10H2,(H,24,26). The molecule has 28 heavy (non-hydrogen) atoms. The van der Waals surface area contributed by atoms with Gasteiger partial charge in [-0.25, -0.2) is 4.98 Å². The highest BCUT2D eigenvalue weighted by atomic mass is 32.5. The molecule has 3 rings (SSSR count). The Morgan fingerprint density at radius 1 is 1.00 bits per heavy atom. The lowest BCUT2D eigenvalue weighted by Crippen LogP contribution is -2.26. The number of rotatable bonds is 6. The van der Waals surface area contributed by atoms with Gasteiger partial charge in [-0.3, -0.25) is 4.79 Å². The summed E-state index contributed by atoms with van der Waals surface area (Å²) in [6.45, 7) is 0.109. The number of amides is 1. The highest BCUT2D eigenvalue weighted by Gasteiger charge is 2.65. The summed E-state index contributed by atoms with van der Waals surface area (Å²) in [6.07, 6.45) is 0.357. The molecule has 10 heteroatoms. The fourth-order valence-corrected chi connectivity index (χ4v) is 3.96. The van der Waals surface area contributed by atoms with Crippen LogP contribution in [0.5, 0.6) is 0 Å². The van der Waals surface area contributed by atoms with Crippen LogP contribution in [0.15, 0.2) is 64.9 Å². The zero-order valence-electron chi connectivity index (χ0n) is 14.2. The van der Waals surface area contributed by atoms with Crippen LogP contribution in [0.4, 0.5) is 19.4 Å². The van der Waals surface area contributed by atoms with Gasteiger partial charge in [0, 0.05) is 29.5 Å². The number of nitrogens with zero attached hydrogens (tertiary/aromatic N) is 1. The Morgan fingerprint density at radius 3 is 2.39 bits per heavy atom. The number of halogens is 5. The van der Waals surface area contributed by atoms with Crippen LogP contribution in [0.1, 0.15) is 16.1 Å². The number of thiazole rings is 1. The first-order valence-corrected chi connectivity index (χ1v) is 10.9. The van der Waals surface area contributed by atoms with E-state index >= 15 is 0 Å². The number of hydrogen-bond donors (Lipinski definition) is 1. The molecule has 0 aliphatic heterocycles. The number of benzene rings is 2. The summed E-state index contributed by atoms with van der Waals surface area (Å²) >= 11 is 1.43. The minimum atomic E-state index is -9.82. The van der Waals surface area contributed by atoms with E-state index in [4.69, 9.17) is 0 Å². The van der Waals surface area contributed by atoms with Crippen molar-refractivity contribution >= 4 is 27.5 Å². The molecular weight excluding hydrogens is 419 g/mol. The van der Waals surface area contributed by atoms with Gasteiger partial charge in [0.25, 0.3) is 5.91 Å². The van der Waals surface area contributed by atoms with Crippen molar-refractivity contribution < 1.29 is 24.2 Å². The topological polar surface area (TPSA) is 42.0 Å². The van der Waals surface area contributed by atoms with E-state index < -0.39 is 26.6 Å². The van der Waals surface area contributed by atoms with Crippen molar-refractivity contribution in [3.8, 4) is 10.6 Å². The molecule has 0 saturated carbocycles. The summed E-state index contributed by atoms with van der Waals surface area (Å²) in [5.74, 6) is -0.859. The van der Waals surface area contributed by atoms with Gasteiger partial charge in [0.1, 0.15) is 9.90 Å². The fraction of sp³-hybridized carbons (Fsp3) is 0.111. The second-order valence-electron chi connectivity index (χ2n) is 6.01. The van der Waals surface area contributed by atoms with Gasteiger partial charge in [-0.1, -0.05) is 55.8 Å². The second-order valence-corrected chi connectivity index (χ2v) is 9.28. The summed E-state index contributed by atoms with van der Waals surface area (Å²) < 4.78 is 64.3. The van der Waals surface area contributed by atoms with Crippen molar-refractivity contribution in [2.75, 3.05) is 6.54 Å².